The Morgan fingerprint density at radius 2 is 1.14 bits per heavy atom. The van der Waals surface area contributed by atoms with Crippen molar-refractivity contribution in [1.82, 2.24) is 19.6 Å². The molecule has 0 atom stereocenters. The molecule has 3 aromatic rings. The van der Waals surface area contributed by atoms with Crippen molar-refractivity contribution < 1.29 is 0 Å². The monoisotopic (exact) mass is 294 g/mol. The molecule has 0 aliphatic carbocycles. The summed E-state index contributed by atoms with van der Waals surface area (Å²) in [5, 5.41) is 9.14. The molecule has 4 nitrogen and oxygen atoms in total. The molecular weight excluding hydrogens is 272 g/mol. The van der Waals surface area contributed by atoms with Crippen molar-refractivity contribution in [1.29, 1.82) is 0 Å². The van der Waals surface area contributed by atoms with Crippen LogP contribution in [0.5, 0.6) is 0 Å². The summed E-state index contributed by atoms with van der Waals surface area (Å²) in [7, 11) is 0. The first-order chi connectivity index (χ1) is 10.5. The van der Waals surface area contributed by atoms with E-state index >= 15 is 0 Å². The first-order valence-electron chi connectivity index (χ1n) is 7.62. The molecule has 0 aliphatic heterocycles. The van der Waals surface area contributed by atoms with Crippen molar-refractivity contribution in [3.05, 3.63) is 70.3 Å². The first kappa shape index (κ1) is 14.6. The van der Waals surface area contributed by atoms with Gasteiger partial charge in [0.25, 0.3) is 0 Å². The largest absolute Gasteiger partial charge is 0.265 e. The minimum Gasteiger partial charge on any atom is -0.265 e. The molecule has 0 radical (unpaired) electrons. The maximum Gasteiger partial charge on any atom is 0.0665 e. The van der Waals surface area contributed by atoms with E-state index in [2.05, 4.69) is 69.8 Å². The van der Waals surface area contributed by atoms with E-state index < -0.39 is 0 Å². The predicted octanol–water partition coefficient (Wildman–Crippen LogP) is 3.41. The highest BCUT2D eigenvalue weighted by molar-refractivity contribution is 5.28. The molecule has 2 heterocycles. The molecule has 0 saturated carbocycles. The summed E-state index contributed by atoms with van der Waals surface area (Å²) >= 11 is 0. The van der Waals surface area contributed by atoms with Crippen molar-refractivity contribution in [2.24, 2.45) is 0 Å². The summed E-state index contributed by atoms with van der Waals surface area (Å²) in [5.41, 5.74) is 7.10. The summed E-state index contributed by atoms with van der Waals surface area (Å²) in [6.07, 6.45) is 0. The van der Waals surface area contributed by atoms with Gasteiger partial charge < -0.3 is 0 Å². The van der Waals surface area contributed by atoms with Crippen LogP contribution in [0.4, 0.5) is 0 Å². The third kappa shape index (κ3) is 2.96. The Labute approximate surface area is 131 Å². The molecule has 0 saturated heterocycles. The van der Waals surface area contributed by atoms with Gasteiger partial charge in [-0.2, -0.15) is 10.2 Å². The van der Waals surface area contributed by atoms with Crippen LogP contribution < -0.4 is 0 Å². The van der Waals surface area contributed by atoms with Gasteiger partial charge in [0.1, 0.15) is 0 Å². The van der Waals surface area contributed by atoms with E-state index in [1.54, 1.807) is 0 Å². The minimum atomic E-state index is 0.801. The molecule has 3 rings (SSSR count). The molecule has 1 aromatic carbocycles. The smallest absolute Gasteiger partial charge is 0.0665 e. The Hall–Kier alpha value is -2.36. The van der Waals surface area contributed by atoms with E-state index in [0.717, 1.165) is 24.5 Å². The Morgan fingerprint density at radius 1 is 0.727 bits per heavy atom. The lowest BCUT2D eigenvalue weighted by atomic mass is 10.1. The Bertz CT molecular complexity index is 728. The third-order valence-corrected chi connectivity index (χ3v) is 3.97. The average molecular weight is 294 g/mol. The van der Waals surface area contributed by atoms with Gasteiger partial charge in [0.05, 0.1) is 24.5 Å². The van der Waals surface area contributed by atoms with Gasteiger partial charge in [-0.3, -0.25) is 9.36 Å². The minimum absolute atomic E-state index is 0.801. The Morgan fingerprint density at radius 3 is 1.45 bits per heavy atom. The van der Waals surface area contributed by atoms with Crippen LogP contribution >= 0.6 is 0 Å². The first-order valence-corrected chi connectivity index (χ1v) is 7.62. The van der Waals surface area contributed by atoms with E-state index in [4.69, 9.17) is 0 Å². The maximum absolute atomic E-state index is 4.57. The molecular formula is C18H22N4. The molecule has 0 amide bonds. The third-order valence-electron chi connectivity index (χ3n) is 3.97. The van der Waals surface area contributed by atoms with Crippen molar-refractivity contribution in [3.63, 3.8) is 0 Å². The molecule has 0 aliphatic rings. The molecule has 4 heteroatoms. The van der Waals surface area contributed by atoms with Crippen LogP contribution in [0.1, 0.15) is 33.9 Å². The average Bonchev–Trinajstić information content (AvgIpc) is 2.94. The number of benzene rings is 1. The predicted molar refractivity (Wildman–Crippen MR) is 88.0 cm³/mol. The highest BCUT2D eigenvalue weighted by Crippen LogP contribution is 2.15. The van der Waals surface area contributed by atoms with Crippen LogP contribution in [0, 0.1) is 27.7 Å². The second-order valence-corrected chi connectivity index (χ2v) is 5.94. The summed E-state index contributed by atoms with van der Waals surface area (Å²) in [6.45, 7) is 9.87. The molecule has 114 valence electrons. The van der Waals surface area contributed by atoms with Crippen molar-refractivity contribution >= 4 is 0 Å². The highest BCUT2D eigenvalue weighted by Gasteiger charge is 2.08. The van der Waals surface area contributed by atoms with Crippen LogP contribution in [0.2, 0.25) is 0 Å². The zero-order valence-corrected chi connectivity index (χ0v) is 13.7. The lowest BCUT2D eigenvalue weighted by Crippen LogP contribution is -2.10. The zero-order valence-electron chi connectivity index (χ0n) is 13.7. The van der Waals surface area contributed by atoms with Gasteiger partial charge in [-0.15, -0.1) is 0 Å². The fraction of sp³-hybridized carbons (Fsp3) is 0.333. The number of hydrogen-bond acceptors (Lipinski definition) is 2. The topological polar surface area (TPSA) is 35.6 Å². The molecule has 0 unspecified atom stereocenters. The number of hydrogen-bond donors (Lipinski definition) is 0. The van der Waals surface area contributed by atoms with Crippen LogP contribution in [-0.4, -0.2) is 19.6 Å². The van der Waals surface area contributed by atoms with E-state index in [9.17, 15) is 0 Å². The Balaban J connectivity index is 1.90. The van der Waals surface area contributed by atoms with Gasteiger partial charge in [-0.05, 0) is 51.0 Å². The molecule has 0 fully saturated rings. The number of aryl methyl sites for hydroxylation is 4. The standard InChI is InChI=1S/C18H22N4/c1-13-9-15(3)21(19-13)11-17-7-5-6-8-18(17)12-22-16(4)10-14(2)20-22/h5-10H,11-12H2,1-4H3. The zero-order chi connectivity index (χ0) is 15.7. The lowest BCUT2D eigenvalue weighted by molar-refractivity contribution is 0.628. The van der Waals surface area contributed by atoms with Crippen LogP contribution in [-0.2, 0) is 13.1 Å². The fourth-order valence-electron chi connectivity index (χ4n) is 2.86. The number of rotatable bonds is 4. The number of nitrogens with zero attached hydrogens (tertiary/aromatic N) is 4. The summed E-state index contributed by atoms with van der Waals surface area (Å²) in [5.74, 6) is 0. The molecule has 0 spiro atoms. The summed E-state index contributed by atoms with van der Waals surface area (Å²) in [4.78, 5) is 0. The molecule has 0 N–H and O–H groups in total. The normalized spacial score (nSPS) is 11.1. The second kappa shape index (κ2) is 5.79. The van der Waals surface area contributed by atoms with Crippen LogP contribution in [0.15, 0.2) is 36.4 Å². The fourth-order valence-corrected chi connectivity index (χ4v) is 2.86. The van der Waals surface area contributed by atoms with E-state index in [-0.39, 0.29) is 0 Å². The lowest BCUT2D eigenvalue weighted by Gasteiger charge is -2.12. The SMILES string of the molecule is Cc1cc(C)n(Cc2ccccc2Cn2nc(C)cc2C)n1. The number of aromatic nitrogens is 4. The van der Waals surface area contributed by atoms with Gasteiger partial charge in [0.15, 0.2) is 0 Å². The quantitative estimate of drug-likeness (QED) is 0.739. The van der Waals surface area contributed by atoms with Crippen molar-refractivity contribution in [2.75, 3.05) is 0 Å². The van der Waals surface area contributed by atoms with E-state index in [0.29, 0.717) is 0 Å². The van der Waals surface area contributed by atoms with Gasteiger partial charge in [0, 0.05) is 11.4 Å². The van der Waals surface area contributed by atoms with E-state index in [1.807, 2.05) is 13.8 Å². The molecule has 2 aromatic heterocycles. The second-order valence-electron chi connectivity index (χ2n) is 5.94. The van der Waals surface area contributed by atoms with Gasteiger partial charge in [0.2, 0.25) is 0 Å². The summed E-state index contributed by atoms with van der Waals surface area (Å²) in [6, 6.07) is 12.8. The van der Waals surface area contributed by atoms with Gasteiger partial charge in [-0.1, -0.05) is 24.3 Å². The van der Waals surface area contributed by atoms with Crippen molar-refractivity contribution in [2.45, 2.75) is 40.8 Å². The van der Waals surface area contributed by atoms with Crippen LogP contribution in [0.3, 0.4) is 0 Å². The maximum atomic E-state index is 4.57. The highest BCUT2D eigenvalue weighted by atomic mass is 15.3. The van der Waals surface area contributed by atoms with Crippen LogP contribution in [0.25, 0.3) is 0 Å². The summed E-state index contributed by atoms with van der Waals surface area (Å²) < 4.78 is 4.13. The molecule has 22 heavy (non-hydrogen) atoms. The molecule has 0 bridgehead atoms. The van der Waals surface area contributed by atoms with E-state index in [1.165, 1.54) is 22.5 Å². The van der Waals surface area contributed by atoms with Gasteiger partial charge >= 0.3 is 0 Å². The Kier molecular flexibility index (Phi) is 3.84. The van der Waals surface area contributed by atoms with Gasteiger partial charge in [-0.25, -0.2) is 0 Å². The van der Waals surface area contributed by atoms with Crippen molar-refractivity contribution in [3.8, 4) is 0 Å².